The minimum absolute atomic E-state index is 0.0556. The number of benzene rings is 1. The van der Waals surface area contributed by atoms with Crippen molar-refractivity contribution in [3.05, 3.63) is 52.4 Å². The maximum Gasteiger partial charge on any atom is 0.276 e. The van der Waals surface area contributed by atoms with Crippen LogP contribution >= 0.6 is 0 Å². The summed E-state index contributed by atoms with van der Waals surface area (Å²) in [7, 11) is 0. The lowest BCUT2D eigenvalue weighted by molar-refractivity contribution is 0.0688. The Labute approximate surface area is 147 Å². The molecule has 0 unspecified atom stereocenters. The van der Waals surface area contributed by atoms with Crippen molar-refractivity contribution in [2.75, 3.05) is 13.1 Å². The van der Waals surface area contributed by atoms with Crippen LogP contribution in [0.1, 0.15) is 50.6 Å². The van der Waals surface area contributed by atoms with Crippen molar-refractivity contribution in [1.82, 2.24) is 15.4 Å². The summed E-state index contributed by atoms with van der Waals surface area (Å²) in [5.41, 5.74) is 3.30. The zero-order valence-corrected chi connectivity index (χ0v) is 14.8. The molecule has 1 fully saturated rings. The number of hydrogen-bond acceptors (Lipinski definition) is 4. The van der Waals surface area contributed by atoms with E-state index in [1.807, 2.05) is 32.0 Å². The summed E-state index contributed by atoms with van der Waals surface area (Å²) in [6, 6.07) is 7.46. The fraction of sp³-hybridized carbons (Fsp3) is 0.421. The standard InChI is InChI=1S/C19H23N3O3/c1-12-4-5-15(10-13(12)2)18(23)20-16-6-8-22(9-7-16)19(24)17-11-14(3)25-21-17/h4-5,10-11,16H,6-9H2,1-3H3,(H,20,23). The quantitative estimate of drug-likeness (QED) is 0.931. The van der Waals surface area contributed by atoms with Crippen LogP contribution in [0.4, 0.5) is 0 Å². The molecule has 0 saturated carbocycles. The summed E-state index contributed by atoms with van der Waals surface area (Å²) in [6.45, 7) is 6.99. The lowest BCUT2D eigenvalue weighted by atomic mass is 10.0. The maximum atomic E-state index is 12.4. The summed E-state index contributed by atoms with van der Waals surface area (Å²) >= 11 is 0. The Balaban J connectivity index is 1.54. The predicted molar refractivity (Wildman–Crippen MR) is 93.5 cm³/mol. The van der Waals surface area contributed by atoms with Crippen LogP contribution < -0.4 is 5.32 Å². The third-order valence-electron chi connectivity index (χ3n) is 4.73. The number of nitrogens with zero attached hydrogens (tertiary/aromatic N) is 2. The number of carbonyl (C=O) groups excluding carboxylic acids is 2. The van der Waals surface area contributed by atoms with Crippen LogP contribution in [0.15, 0.2) is 28.8 Å². The minimum atomic E-state index is -0.115. The lowest BCUT2D eigenvalue weighted by Gasteiger charge is -2.32. The molecule has 25 heavy (non-hydrogen) atoms. The number of aryl methyl sites for hydroxylation is 3. The van der Waals surface area contributed by atoms with Crippen LogP contribution in [0.25, 0.3) is 0 Å². The van der Waals surface area contributed by atoms with Crippen LogP contribution in [0.5, 0.6) is 0 Å². The molecule has 1 aromatic carbocycles. The van der Waals surface area contributed by atoms with E-state index < -0.39 is 0 Å². The van der Waals surface area contributed by atoms with Gasteiger partial charge in [-0.15, -0.1) is 0 Å². The van der Waals surface area contributed by atoms with Crippen molar-refractivity contribution in [2.45, 2.75) is 39.7 Å². The van der Waals surface area contributed by atoms with Gasteiger partial charge in [0.15, 0.2) is 5.69 Å². The van der Waals surface area contributed by atoms with Crippen molar-refractivity contribution in [3.63, 3.8) is 0 Å². The molecule has 6 nitrogen and oxygen atoms in total. The summed E-state index contributed by atoms with van der Waals surface area (Å²) in [6.07, 6.45) is 1.47. The number of aromatic nitrogens is 1. The van der Waals surface area contributed by atoms with Crippen molar-refractivity contribution in [1.29, 1.82) is 0 Å². The Morgan fingerprint density at radius 2 is 1.84 bits per heavy atom. The summed E-state index contributed by atoms with van der Waals surface area (Å²) in [5, 5.41) is 6.85. The van der Waals surface area contributed by atoms with E-state index in [1.165, 1.54) is 5.56 Å². The average Bonchev–Trinajstić information content (AvgIpc) is 3.04. The number of carbonyl (C=O) groups is 2. The molecule has 1 N–H and O–H groups in total. The molecule has 2 heterocycles. The third kappa shape index (κ3) is 3.90. The second kappa shape index (κ2) is 7.09. The first-order chi connectivity index (χ1) is 11.9. The Hall–Kier alpha value is -2.63. The van der Waals surface area contributed by atoms with Gasteiger partial charge in [0.25, 0.3) is 11.8 Å². The van der Waals surface area contributed by atoms with Crippen molar-refractivity contribution in [2.24, 2.45) is 0 Å². The smallest absolute Gasteiger partial charge is 0.276 e. The summed E-state index contributed by atoms with van der Waals surface area (Å²) < 4.78 is 4.96. The van der Waals surface area contributed by atoms with E-state index >= 15 is 0 Å². The van der Waals surface area contributed by atoms with Gasteiger partial charge in [-0.1, -0.05) is 11.2 Å². The zero-order valence-electron chi connectivity index (χ0n) is 14.8. The molecule has 1 aliphatic heterocycles. The van der Waals surface area contributed by atoms with Gasteiger partial charge in [-0.25, -0.2) is 0 Å². The molecule has 2 aromatic rings. The van der Waals surface area contributed by atoms with E-state index in [4.69, 9.17) is 4.52 Å². The summed E-state index contributed by atoms with van der Waals surface area (Å²) in [4.78, 5) is 26.5. The minimum Gasteiger partial charge on any atom is -0.361 e. The number of hydrogen-bond donors (Lipinski definition) is 1. The average molecular weight is 341 g/mol. The SMILES string of the molecule is Cc1cc(C(=O)N2CCC(NC(=O)c3ccc(C)c(C)c3)CC2)no1. The lowest BCUT2D eigenvalue weighted by Crippen LogP contribution is -2.46. The van der Waals surface area contributed by atoms with Crippen molar-refractivity contribution < 1.29 is 14.1 Å². The molecule has 1 aliphatic rings. The molecule has 132 valence electrons. The highest BCUT2D eigenvalue weighted by Gasteiger charge is 2.26. The number of likely N-dealkylation sites (tertiary alicyclic amines) is 1. The van der Waals surface area contributed by atoms with Gasteiger partial charge in [-0.05, 0) is 56.9 Å². The van der Waals surface area contributed by atoms with Gasteiger partial charge in [0.1, 0.15) is 5.76 Å². The molecular weight excluding hydrogens is 318 g/mol. The first-order valence-electron chi connectivity index (χ1n) is 8.55. The molecule has 0 spiro atoms. The van der Waals surface area contributed by atoms with E-state index in [-0.39, 0.29) is 17.9 Å². The van der Waals surface area contributed by atoms with Gasteiger partial charge in [0.2, 0.25) is 0 Å². The monoisotopic (exact) mass is 341 g/mol. The van der Waals surface area contributed by atoms with Crippen LogP contribution in [-0.4, -0.2) is 41.0 Å². The second-order valence-corrected chi connectivity index (χ2v) is 6.66. The van der Waals surface area contributed by atoms with E-state index in [1.54, 1.807) is 17.9 Å². The van der Waals surface area contributed by atoms with Crippen LogP contribution in [-0.2, 0) is 0 Å². The number of nitrogens with one attached hydrogen (secondary N) is 1. The van der Waals surface area contributed by atoms with E-state index in [0.29, 0.717) is 30.1 Å². The fourth-order valence-corrected chi connectivity index (χ4v) is 3.01. The van der Waals surface area contributed by atoms with Gasteiger partial charge < -0.3 is 14.7 Å². The van der Waals surface area contributed by atoms with Crippen LogP contribution in [0, 0.1) is 20.8 Å². The molecule has 6 heteroatoms. The van der Waals surface area contributed by atoms with Crippen molar-refractivity contribution in [3.8, 4) is 0 Å². The second-order valence-electron chi connectivity index (χ2n) is 6.66. The number of rotatable bonds is 3. The fourth-order valence-electron chi connectivity index (χ4n) is 3.01. The van der Waals surface area contributed by atoms with E-state index in [0.717, 1.165) is 18.4 Å². The third-order valence-corrected chi connectivity index (χ3v) is 4.73. The van der Waals surface area contributed by atoms with Gasteiger partial charge >= 0.3 is 0 Å². The zero-order chi connectivity index (χ0) is 18.0. The van der Waals surface area contributed by atoms with E-state index in [9.17, 15) is 9.59 Å². The molecular formula is C19H23N3O3. The Bertz CT molecular complexity index is 789. The molecule has 1 saturated heterocycles. The van der Waals surface area contributed by atoms with Crippen molar-refractivity contribution >= 4 is 11.8 Å². The first kappa shape index (κ1) is 17.2. The van der Waals surface area contributed by atoms with Crippen LogP contribution in [0.3, 0.4) is 0 Å². The molecule has 0 radical (unpaired) electrons. The van der Waals surface area contributed by atoms with Gasteiger partial charge in [0.05, 0.1) is 0 Å². The Morgan fingerprint density at radius 3 is 2.44 bits per heavy atom. The summed E-state index contributed by atoms with van der Waals surface area (Å²) in [5.74, 6) is 0.453. The Kier molecular flexibility index (Phi) is 4.88. The molecule has 2 amide bonds. The topological polar surface area (TPSA) is 75.4 Å². The largest absolute Gasteiger partial charge is 0.361 e. The number of amides is 2. The van der Waals surface area contributed by atoms with Crippen LogP contribution in [0.2, 0.25) is 0 Å². The highest BCUT2D eigenvalue weighted by atomic mass is 16.5. The molecule has 3 rings (SSSR count). The van der Waals surface area contributed by atoms with Gasteiger partial charge in [-0.3, -0.25) is 9.59 Å². The first-order valence-corrected chi connectivity index (χ1v) is 8.55. The molecule has 1 aromatic heterocycles. The van der Waals surface area contributed by atoms with E-state index in [2.05, 4.69) is 10.5 Å². The predicted octanol–water partition coefficient (Wildman–Crippen LogP) is 2.63. The van der Waals surface area contributed by atoms with Gasteiger partial charge in [-0.2, -0.15) is 0 Å². The molecule has 0 aliphatic carbocycles. The Morgan fingerprint density at radius 1 is 1.12 bits per heavy atom. The highest BCUT2D eigenvalue weighted by molar-refractivity contribution is 5.95. The van der Waals surface area contributed by atoms with Gasteiger partial charge in [0, 0.05) is 30.8 Å². The normalized spacial score (nSPS) is 15.2. The maximum absolute atomic E-state index is 12.4. The molecule has 0 bridgehead atoms. The number of piperidine rings is 1. The molecule has 0 atom stereocenters. The highest BCUT2D eigenvalue weighted by Crippen LogP contribution is 2.16.